The molecule has 0 spiro atoms. The van der Waals surface area contributed by atoms with Gasteiger partial charge in [0.2, 0.25) is 0 Å². The van der Waals surface area contributed by atoms with E-state index in [1.165, 1.54) is 19.3 Å². The maximum absolute atomic E-state index is 5.77. The minimum atomic E-state index is 0.514. The van der Waals surface area contributed by atoms with Crippen LogP contribution in [0.5, 0.6) is 0 Å². The molecule has 0 saturated heterocycles. The highest BCUT2D eigenvalue weighted by Crippen LogP contribution is 2.24. The zero-order valence-corrected chi connectivity index (χ0v) is 9.28. The molecule has 1 aromatic rings. The Kier molecular flexibility index (Phi) is 3.62. The molecule has 15 heavy (non-hydrogen) atoms. The summed E-state index contributed by atoms with van der Waals surface area (Å²) in [6.45, 7) is 0.514. The highest BCUT2D eigenvalue weighted by atomic mass is 35.5. The fourth-order valence-electron chi connectivity index (χ4n) is 1.41. The summed E-state index contributed by atoms with van der Waals surface area (Å²) in [4.78, 5) is 5.19. The molecule has 1 fully saturated rings. The van der Waals surface area contributed by atoms with E-state index in [4.69, 9.17) is 16.4 Å². The van der Waals surface area contributed by atoms with Crippen LogP contribution in [0.15, 0.2) is 29.4 Å². The van der Waals surface area contributed by atoms with E-state index in [2.05, 4.69) is 5.16 Å². The van der Waals surface area contributed by atoms with Gasteiger partial charge in [0.15, 0.2) is 0 Å². The number of hydrogen-bond donors (Lipinski definition) is 0. The summed E-state index contributed by atoms with van der Waals surface area (Å²) in [5.74, 6) is 0.648. The van der Waals surface area contributed by atoms with Gasteiger partial charge in [0.1, 0.15) is 6.61 Å². The Balaban J connectivity index is 1.72. The van der Waals surface area contributed by atoms with Crippen molar-refractivity contribution in [2.45, 2.75) is 25.9 Å². The second-order valence-corrected chi connectivity index (χ2v) is 4.28. The topological polar surface area (TPSA) is 21.6 Å². The van der Waals surface area contributed by atoms with Crippen LogP contribution in [0.3, 0.4) is 0 Å². The summed E-state index contributed by atoms with van der Waals surface area (Å²) >= 11 is 5.77. The van der Waals surface area contributed by atoms with Crippen LogP contribution >= 0.6 is 11.6 Å². The maximum Gasteiger partial charge on any atom is 0.142 e. The summed E-state index contributed by atoms with van der Waals surface area (Å²) < 4.78 is 0. The second-order valence-electron chi connectivity index (χ2n) is 3.85. The Bertz CT molecular complexity index is 330. The minimum absolute atomic E-state index is 0.514. The predicted octanol–water partition coefficient (Wildman–Crippen LogP) is 3.64. The van der Waals surface area contributed by atoms with Gasteiger partial charge in [0, 0.05) is 11.2 Å². The largest absolute Gasteiger partial charge is 0.391 e. The summed E-state index contributed by atoms with van der Waals surface area (Å²) in [6, 6.07) is 7.61. The molecule has 0 N–H and O–H groups in total. The molecule has 0 aliphatic heterocycles. The molecule has 0 unspecified atom stereocenters. The van der Waals surface area contributed by atoms with Crippen molar-refractivity contribution in [1.82, 2.24) is 0 Å². The van der Waals surface area contributed by atoms with Gasteiger partial charge >= 0.3 is 0 Å². The first-order valence-corrected chi connectivity index (χ1v) is 5.62. The van der Waals surface area contributed by atoms with Gasteiger partial charge in [-0.05, 0) is 36.5 Å². The molecule has 1 aromatic carbocycles. The van der Waals surface area contributed by atoms with Gasteiger partial charge in [-0.2, -0.15) is 0 Å². The molecule has 1 saturated carbocycles. The Labute approximate surface area is 94.9 Å². The molecule has 2 nitrogen and oxygen atoms in total. The lowest BCUT2D eigenvalue weighted by atomic mass is 9.87. The third-order valence-electron chi connectivity index (χ3n) is 2.64. The van der Waals surface area contributed by atoms with Gasteiger partial charge in [-0.3, -0.25) is 0 Å². The molecule has 0 atom stereocenters. The third kappa shape index (κ3) is 3.24. The fourth-order valence-corrected chi connectivity index (χ4v) is 1.54. The molecule has 3 heteroatoms. The van der Waals surface area contributed by atoms with Crippen LogP contribution in [0, 0.1) is 5.92 Å². The van der Waals surface area contributed by atoms with E-state index in [1.807, 2.05) is 30.5 Å². The second kappa shape index (κ2) is 5.17. The van der Waals surface area contributed by atoms with Crippen molar-refractivity contribution in [3.05, 3.63) is 34.9 Å². The van der Waals surface area contributed by atoms with E-state index in [9.17, 15) is 0 Å². The quantitative estimate of drug-likeness (QED) is 0.564. The van der Waals surface area contributed by atoms with Gasteiger partial charge in [-0.25, -0.2) is 0 Å². The van der Waals surface area contributed by atoms with Crippen LogP contribution < -0.4 is 0 Å². The summed E-state index contributed by atoms with van der Waals surface area (Å²) in [5, 5.41) is 4.70. The molecule has 1 aliphatic rings. The monoisotopic (exact) mass is 223 g/mol. The summed E-state index contributed by atoms with van der Waals surface area (Å²) in [5.41, 5.74) is 1.09. The molecule has 2 rings (SSSR count). The van der Waals surface area contributed by atoms with E-state index in [-0.39, 0.29) is 0 Å². The van der Waals surface area contributed by atoms with Crippen molar-refractivity contribution in [2.75, 3.05) is 0 Å². The van der Waals surface area contributed by atoms with Gasteiger partial charge in [0.25, 0.3) is 0 Å². The molecule has 0 radical (unpaired) electrons. The SMILES string of the molecule is Clc1ccc(CON=CC2CCC2)cc1. The molecule has 80 valence electrons. The van der Waals surface area contributed by atoms with Gasteiger partial charge in [0.05, 0.1) is 0 Å². The van der Waals surface area contributed by atoms with Crippen molar-refractivity contribution in [3.63, 3.8) is 0 Å². The lowest BCUT2D eigenvalue weighted by Gasteiger charge is -2.19. The zero-order chi connectivity index (χ0) is 10.5. The first-order valence-electron chi connectivity index (χ1n) is 5.24. The molecular formula is C12H14ClNO. The number of rotatable bonds is 4. The van der Waals surface area contributed by atoms with Crippen molar-refractivity contribution >= 4 is 17.8 Å². The number of hydrogen-bond acceptors (Lipinski definition) is 2. The molecule has 1 aliphatic carbocycles. The van der Waals surface area contributed by atoms with Crippen molar-refractivity contribution in [2.24, 2.45) is 11.1 Å². The lowest BCUT2D eigenvalue weighted by molar-refractivity contribution is 0.129. The molecule has 0 amide bonds. The van der Waals surface area contributed by atoms with Crippen molar-refractivity contribution in [1.29, 1.82) is 0 Å². The van der Waals surface area contributed by atoms with Crippen LogP contribution in [0.4, 0.5) is 0 Å². The number of oxime groups is 1. The first-order chi connectivity index (χ1) is 7.34. The Morgan fingerprint density at radius 3 is 2.67 bits per heavy atom. The van der Waals surface area contributed by atoms with Gasteiger partial charge < -0.3 is 4.84 Å². The van der Waals surface area contributed by atoms with Crippen molar-refractivity contribution < 1.29 is 4.84 Å². The van der Waals surface area contributed by atoms with Crippen LogP contribution in [0.2, 0.25) is 5.02 Å². The number of benzene rings is 1. The average Bonchev–Trinajstić information content (AvgIpc) is 2.18. The van der Waals surface area contributed by atoms with E-state index in [1.54, 1.807) is 0 Å². The van der Waals surface area contributed by atoms with E-state index in [0.29, 0.717) is 12.5 Å². The maximum atomic E-state index is 5.77. The van der Waals surface area contributed by atoms with E-state index in [0.717, 1.165) is 10.6 Å². The molecule has 0 bridgehead atoms. The predicted molar refractivity (Wildman–Crippen MR) is 62.1 cm³/mol. The normalized spacial score (nSPS) is 16.6. The molecule has 0 aromatic heterocycles. The highest BCUT2D eigenvalue weighted by Gasteiger charge is 2.14. The minimum Gasteiger partial charge on any atom is -0.391 e. The lowest BCUT2D eigenvalue weighted by Crippen LogP contribution is -2.11. The van der Waals surface area contributed by atoms with Crippen molar-refractivity contribution in [3.8, 4) is 0 Å². The average molecular weight is 224 g/mol. The Morgan fingerprint density at radius 1 is 1.33 bits per heavy atom. The fraction of sp³-hybridized carbons (Fsp3) is 0.417. The Morgan fingerprint density at radius 2 is 2.07 bits per heavy atom. The third-order valence-corrected chi connectivity index (χ3v) is 2.89. The standard InChI is InChI=1S/C12H14ClNO/c13-12-6-4-11(5-7-12)9-15-14-8-10-2-1-3-10/h4-8,10H,1-3,9H2. The van der Waals surface area contributed by atoms with Crippen LogP contribution in [-0.2, 0) is 11.4 Å². The highest BCUT2D eigenvalue weighted by molar-refractivity contribution is 6.30. The molecule has 0 heterocycles. The number of nitrogens with zero attached hydrogens (tertiary/aromatic N) is 1. The summed E-state index contributed by atoms with van der Waals surface area (Å²) in [6.07, 6.45) is 5.76. The van der Waals surface area contributed by atoms with Gasteiger partial charge in [-0.15, -0.1) is 0 Å². The smallest absolute Gasteiger partial charge is 0.142 e. The molecular weight excluding hydrogens is 210 g/mol. The van der Waals surface area contributed by atoms with Crippen LogP contribution in [-0.4, -0.2) is 6.21 Å². The van der Waals surface area contributed by atoms with Gasteiger partial charge in [-0.1, -0.05) is 35.3 Å². The zero-order valence-electron chi connectivity index (χ0n) is 8.53. The first kappa shape index (κ1) is 10.5. The van der Waals surface area contributed by atoms with Crippen LogP contribution in [0.25, 0.3) is 0 Å². The summed E-state index contributed by atoms with van der Waals surface area (Å²) in [7, 11) is 0. The number of halogens is 1. The Hall–Kier alpha value is -1.02. The van der Waals surface area contributed by atoms with E-state index < -0.39 is 0 Å². The van der Waals surface area contributed by atoms with Crippen LogP contribution in [0.1, 0.15) is 24.8 Å². The van der Waals surface area contributed by atoms with E-state index >= 15 is 0 Å².